The number of hydrogen-bond donors (Lipinski definition) is 0. The molecule has 56 heavy (non-hydrogen) atoms. The Bertz CT molecular complexity index is 676. The minimum atomic E-state index is 0.880. The molecule has 0 heteroatoms. The molecular weight excluding hydrogens is 673 g/mol. The second kappa shape index (κ2) is 47.7. The summed E-state index contributed by atoms with van der Waals surface area (Å²) < 4.78 is 0. The summed E-state index contributed by atoms with van der Waals surface area (Å²) in [6.07, 6.45) is 58.5. The van der Waals surface area contributed by atoms with Gasteiger partial charge in [-0.15, -0.1) is 0 Å². The maximum atomic E-state index is 2.51. The van der Waals surface area contributed by atoms with Gasteiger partial charge in [-0.3, -0.25) is 0 Å². The number of hydrogen-bond acceptors (Lipinski definition) is 0. The van der Waals surface area contributed by atoms with Crippen LogP contribution in [0.25, 0.3) is 0 Å². The highest BCUT2D eigenvalue weighted by molar-refractivity contribution is 4.65. The highest BCUT2D eigenvalue weighted by atomic mass is 14.2. The summed E-state index contributed by atoms with van der Waals surface area (Å²) in [5.41, 5.74) is 0. The van der Waals surface area contributed by atoms with Crippen molar-refractivity contribution in [3.8, 4) is 0 Å². The van der Waals surface area contributed by atoms with Crippen LogP contribution in [0.1, 0.15) is 326 Å². The van der Waals surface area contributed by atoms with E-state index >= 15 is 0 Å². The van der Waals surface area contributed by atoms with Crippen LogP contribution in [0.4, 0.5) is 0 Å². The lowest BCUT2D eigenvalue weighted by Crippen LogP contribution is -2.06. The third-order valence-corrected chi connectivity index (χ3v) is 13.4. The third kappa shape index (κ3) is 50.1. The van der Waals surface area contributed by atoms with Gasteiger partial charge in [-0.25, -0.2) is 0 Å². The van der Waals surface area contributed by atoms with Gasteiger partial charge >= 0.3 is 0 Å². The zero-order chi connectivity index (χ0) is 41.7. The summed E-state index contributed by atoms with van der Waals surface area (Å²) in [4.78, 5) is 0. The molecule has 4 unspecified atom stereocenters. The molecule has 0 rings (SSSR count). The quantitative estimate of drug-likeness (QED) is 0.0540. The Balaban J connectivity index is 0. The molecule has 0 spiro atoms. The van der Waals surface area contributed by atoms with Gasteiger partial charge in [0, 0.05) is 0 Å². The van der Waals surface area contributed by atoms with Gasteiger partial charge in [0.05, 0.1) is 0 Å². The van der Waals surface area contributed by atoms with E-state index in [1.807, 2.05) is 0 Å². The summed E-state index contributed by atoms with van der Waals surface area (Å²) in [5.74, 6) is 5.58. The molecule has 0 saturated heterocycles. The first-order valence-corrected chi connectivity index (χ1v) is 27.2. The fourth-order valence-corrected chi connectivity index (χ4v) is 9.10. The van der Waals surface area contributed by atoms with E-state index < -0.39 is 0 Å². The topological polar surface area (TPSA) is 0 Å². The van der Waals surface area contributed by atoms with Gasteiger partial charge in [-0.05, 0) is 41.9 Å². The average molecular weight is 790 g/mol. The fraction of sp³-hybridized carbons (Fsp3) is 1.00. The fourth-order valence-electron chi connectivity index (χ4n) is 9.10. The van der Waals surface area contributed by atoms with Crippen LogP contribution in [0.2, 0.25) is 0 Å². The van der Waals surface area contributed by atoms with E-state index in [0.29, 0.717) is 0 Å². The molecule has 0 aromatic rings. The van der Waals surface area contributed by atoms with Crippen molar-refractivity contribution in [1.29, 1.82) is 0 Å². The van der Waals surface area contributed by atoms with E-state index in [-0.39, 0.29) is 0 Å². The minimum Gasteiger partial charge on any atom is -0.0654 e. The molecule has 0 heterocycles. The molecule has 0 N–H and O–H groups in total. The molecule has 0 nitrogen and oxygen atoms in total. The summed E-state index contributed by atoms with van der Waals surface area (Å²) >= 11 is 0. The Morgan fingerprint density at radius 1 is 0.232 bits per heavy atom. The van der Waals surface area contributed by atoms with Gasteiger partial charge in [-0.2, -0.15) is 0 Å². The maximum absolute atomic E-state index is 2.51. The monoisotopic (exact) mass is 789 g/mol. The molecule has 4 atom stereocenters. The Hall–Kier alpha value is 0. The Kier molecular flexibility index (Phi) is 49.5. The first-order valence-electron chi connectivity index (χ1n) is 27.2. The summed E-state index contributed by atoms with van der Waals surface area (Å²) in [6.45, 7) is 23.9. The summed E-state index contributed by atoms with van der Waals surface area (Å²) in [6, 6.07) is 0. The van der Waals surface area contributed by atoms with E-state index in [9.17, 15) is 0 Å². The highest BCUT2D eigenvalue weighted by Crippen LogP contribution is 2.26. The second-order valence-corrected chi connectivity index (χ2v) is 20.8. The molecule has 0 aromatic carbocycles. The van der Waals surface area contributed by atoms with Gasteiger partial charge in [0.25, 0.3) is 0 Å². The minimum absolute atomic E-state index is 0.880. The van der Waals surface area contributed by atoms with E-state index in [1.54, 1.807) is 0 Å². The van der Waals surface area contributed by atoms with Crippen LogP contribution in [0.3, 0.4) is 0 Å². The highest BCUT2D eigenvalue weighted by Gasteiger charge is 2.12. The third-order valence-electron chi connectivity index (χ3n) is 13.4. The van der Waals surface area contributed by atoms with Crippen molar-refractivity contribution >= 4 is 0 Å². The predicted octanol–water partition coefficient (Wildman–Crippen LogP) is 21.5. The molecule has 340 valence electrons. The van der Waals surface area contributed by atoms with Gasteiger partial charge in [0.1, 0.15) is 0 Å². The summed E-state index contributed by atoms with van der Waals surface area (Å²) in [5, 5.41) is 0. The second-order valence-electron chi connectivity index (χ2n) is 20.8. The van der Waals surface area contributed by atoms with Crippen LogP contribution >= 0.6 is 0 Å². The number of unbranched alkanes of at least 4 members (excludes halogenated alkanes) is 26. The van der Waals surface area contributed by atoms with Crippen molar-refractivity contribution in [2.75, 3.05) is 0 Å². The van der Waals surface area contributed by atoms with E-state index in [0.717, 1.165) is 35.5 Å². The van der Waals surface area contributed by atoms with Crippen LogP contribution in [0, 0.1) is 35.5 Å². The first kappa shape index (κ1) is 58.1. The zero-order valence-corrected chi connectivity index (χ0v) is 41.7. The van der Waals surface area contributed by atoms with Crippen molar-refractivity contribution < 1.29 is 0 Å². The van der Waals surface area contributed by atoms with Gasteiger partial charge in [0.15, 0.2) is 0 Å². The van der Waals surface area contributed by atoms with E-state index in [4.69, 9.17) is 0 Å². The van der Waals surface area contributed by atoms with Gasteiger partial charge < -0.3 is 0 Å². The van der Waals surface area contributed by atoms with Gasteiger partial charge in [-0.1, -0.05) is 320 Å². The molecule has 0 bridgehead atoms. The molecule has 0 aliphatic heterocycles. The van der Waals surface area contributed by atoms with Crippen molar-refractivity contribution in [2.45, 2.75) is 326 Å². The molecule has 0 aliphatic rings. The zero-order valence-electron chi connectivity index (χ0n) is 41.7. The molecular formula is C56H116. The Morgan fingerprint density at radius 3 is 0.804 bits per heavy atom. The normalized spacial score (nSPS) is 13.9. The smallest absolute Gasteiger partial charge is 0.0414 e. The molecule has 0 amide bonds. The summed E-state index contributed by atoms with van der Waals surface area (Å²) in [7, 11) is 0. The lowest BCUT2D eigenvalue weighted by molar-refractivity contribution is 0.325. The lowest BCUT2D eigenvalue weighted by Gasteiger charge is -2.20. The molecule has 0 radical (unpaired) electrons. The average Bonchev–Trinajstić information content (AvgIpc) is 3.17. The largest absolute Gasteiger partial charge is 0.0654 e. The van der Waals surface area contributed by atoms with E-state index in [2.05, 4.69) is 69.2 Å². The lowest BCUT2D eigenvalue weighted by atomic mass is 9.86. The molecule has 0 aliphatic carbocycles. The van der Waals surface area contributed by atoms with Crippen molar-refractivity contribution in [3.63, 3.8) is 0 Å². The van der Waals surface area contributed by atoms with Crippen LogP contribution in [-0.2, 0) is 0 Å². The standard InChI is InChI=1S/2C28H58/c1-6-7-8-9-10-11-12-13-14-15-16-17-18-19-22-27(4)24-25-28(5)23-20-21-26(2)3;1-6-8-9-10-11-12-13-14-15-16-17-18-19-20-23-27(5)25-28(7-2)24-21-22-26(3)4/h2*26-28H,6-25H2,1-5H3. The predicted molar refractivity (Wildman–Crippen MR) is 262 cm³/mol. The van der Waals surface area contributed by atoms with Crippen LogP contribution < -0.4 is 0 Å². The maximum Gasteiger partial charge on any atom is -0.0414 e. The molecule has 0 aromatic heterocycles. The van der Waals surface area contributed by atoms with Crippen molar-refractivity contribution in [2.24, 2.45) is 35.5 Å². The SMILES string of the molecule is CCCCCCCCCCCCCCCCC(C)CC(CC)CCCC(C)C.CCCCCCCCCCCCCCCCC(C)CCC(C)CCCC(C)C. The van der Waals surface area contributed by atoms with Crippen LogP contribution in [0.15, 0.2) is 0 Å². The van der Waals surface area contributed by atoms with Crippen LogP contribution in [-0.4, -0.2) is 0 Å². The van der Waals surface area contributed by atoms with Crippen molar-refractivity contribution in [1.82, 2.24) is 0 Å². The Morgan fingerprint density at radius 2 is 0.500 bits per heavy atom. The van der Waals surface area contributed by atoms with Gasteiger partial charge in [0.2, 0.25) is 0 Å². The number of rotatable bonds is 44. The molecule has 0 fully saturated rings. The van der Waals surface area contributed by atoms with Crippen molar-refractivity contribution in [3.05, 3.63) is 0 Å². The van der Waals surface area contributed by atoms with E-state index in [1.165, 1.54) is 257 Å². The molecule has 0 saturated carbocycles. The first-order chi connectivity index (χ1) is 27.2. The Labute approximate surface area is 360 Å². The van der Waals surface area contributed by atoms with Crippen LogP contribution in [0.5, 0.6) is 0 Å².